The van der Waals surface area contributed by atoms with Gasteiger partial charge in [-0.25, -0.2) is 4.98 Å². The maximum Gasteiger partial charge on any atom is 0.416 e. The number of amides is 2. The van der Waals surface area contributed by atoms with E-state index in [-0.39, 0.29) is 23.9 Å². The molecule has 1 N–H and O–H groups in total. The summed E-state index contributed by atoms with van der Waals surface area (Å²) < 4.78 is 39.0. The fourth-order valence-corrected chi connectivity index (χ4v) is 5.03. The van der Waals surface area contributed by atoms with Crippen LogP contribution in [0.3, 0.4) is 0 Å². The normalized spacial score (nSPS) is 18.5. The van der Waals surface area contributed by atoms with E-state index in [1.165, 1.54) is 17.4 Å². The highest BCUT2D eigenvalue weighted by Crippen LogP contribution is 2.32. The monoisotopic (exact) mass is 500 g/mol. The molecule has 2 fully saturated rings. The molecule has 0 aliphatic carbocycles. The molecule has 0 spiro atoms. The Morgan fingerprint density at radius 3 is 2.37 bits per heavy atom. The van der Waals surface area contributed by atoms with E-state index >= 15 is 0 Å². The van der Waals surface area contributed by atoms with Gasteiger partial charge in [0.05, 0.1) is 11.1 Å². The Hall–Kier alpha value is -3.24. The molecule has 2 aromatic carbocycles. The van der Waals surface area contributed by atoms with E-state index < -0.39 is 11.7 Å². The van der Waals surface area contributed by atoms with Crippen molar-refractivity contribution in [1.29, 1.82) is 0 Å². The molecule has 2 aliphatic rings. The second-order valence-electron chi connectivity index (χ2n) is 8.84. The van der Waals surface area contributed by atoms with Gasteiger partial charge >= 0.3 is 6.18 Å². The minimum absolute atomic E-state index is 0.0467. The van der Waals surface area contributed by atoms with E-state index in [1.54, 1.807) is 51.0 Å². The Morgan fingerprint density at radius 1 is 0.943 bits per heavy atom. The van der Waals surface area contributed by atoms with Crippen LogP contribution in [0.1, 0.15) is 32.8 Å². The van der Waals surface area contributed by atoms with Gasteiger partial charge in [0.15, 0.2) is 0 Å². The third kappa shape index (κ3) is 5.08. The number of nitrogens with zero attached hydrogens (tertiary/aromatic N) is 3. The van der Waals surface area contributed by atoms with Crippen molar-refractivity contribution in [2.75, 3.05) is 26.2 Å². The van der Waals surface area contributed by atoms with Gasteiger partial charge in [-0.3, -0.25) is 9.59 Å². The zero-order chi connectivity index (χ0) is 24.6. The summed E-state index contributed by atoms with van der Waals surface area (Å²) >= 11 is 1.40. The smallest absolute Gasteiger partial charge is 0.336 e. The van der Waals surface area contributed by atoms with Crippen LogP contribution in [0.25, 0.3) is 11.1 Å². The summed E-state index contributed by atoms with van der Waals surface area (Å²) in [5, 5.41) is 5.29. The number of benzene rings is 2. The van der Waals surface area contributed by atoms with Crippen molar-refractivity contribution in [2.24, 2.45) is 0 Å². The SMILES string of the molecule is O=C(c1ccc(-c2cccc(C(F)(F)F)c2)cc1)N1CC(N[C@H]2CCN(C(=O)c3cscn3)C2)C1. The van der Waals surface area contributed by atoms with Gasteiger partial charge in [0.1, 0.15) is 5.69 Å². The Balaban J connectivity index is 1.12. The first-order valence-corrected chi connectivity index (χ1v) is 12.2. The van der Waals surface area contributed by atoms with Crippen molar-refractivity contribution in [1.82, 2.24) is 20.1 Å². The molecule has 35 heavy (non-hydrogen) atoms. The number of carbonyl (C=O) groups is 2. The minimum atomic E-state index is -4.40. The number of thiazole rings is 1. The maximum atomic E-state index is 13.0. The number of rotatable bonds is 5. The van der Waals surface area contributed by atoms with Gasteiger partial charge in [-0.15, -0.1) is 11.3 Å². The van der Waals surface area contributed by atoms with Crippen molar-refractivity contribution >= 4 is 23.2 Å². The highest BCUT2D eigenvalue weighted by Gasteiger charge is 2.35. The Labute approximate surface area is 204 Å². The van der Waals surface area contributed by atoms with E-state index in [1.807, 2.05) is 0 Å². The quantitative estimate of drug-likeness (QED) is 0.572. The molecule has 1 aromatic heterocycles. The highest BCUT2D eigenvalue weighted by molar-refractivity contribution is 7.07. The molecule has 2 saturated heterocycles. The fraction of sp³-hybridized carbons (Fsp3) is 0.320. The van der Waals surface area contributed by atoms with Crippen LogP contribution < -0.4 is 5.32 Å². The summed E-state index contributed by atoms with van der Waals surface area (Å²) in [6.07, 6.45) is -3.54. The van der Waals surface area contributed by atoms with Crippen LogP contribution in [-0.2, 0) is 6.18 Å². The van der Waals surface area contributed by atoms with Gasteiger partial charge in [0, 0.05) is 49.2 Å². The molecule has 1 atom stereocenters. The molecule has 10 heteroatoms. The van der Waals surface area contributed by atoms with Gasteiger partial charge in [-0.2, -0.15) is 13.2 Å². The van der Waals surface area contributed by atoms with Crippen LogP contribution in [0.4, 0.5) is 13.2 Å². The van der Waals surface area contributed by atoms with E-state index in [0.717, 1.165) is 18.6 Å². The first-order chi connectivity index (χ1) is 16.8. The molecule has 182 valence electrons. The average Bonchev–Trinajstić information content (AvgIpc) is 3.53. The van der Waals surface area contributed by atoms with E-state index in [0.29, 0.717) is 48.6 Å². The van der Waals surface area contributed by atoms with E-state index in [4.69, 9.17) is 0 Å². The van der Waals surface area contributed by atoms with Crippen molar-refractivity contribution < 1.29 is 22.8 Å². The number of likely N-dealkylation sites (tertiary alicyclic amines) is 2. The molecule has 0 radical (unpaired) electrons. The van der Waals surface area contributed by atoms with E-state index in [2.05, 4.69) is 10.3 Å². The number of nitrogens with one attached hydrogen (secondary N) is 1. The largest absolute Gasteiger partial charge is 0.416 e. The van der Waals surface area contributed by atoms with Gasteiger partial charge in [0.2, 0.25) is 0 Å². The Morgan fingerprint density at radius 2 is 1.69 bits per heavy atom. The topological polar surface area (TPSA) is 65.5 Å². The second kappa shape index (κ2) is 9.43. The Kier molecular flexibility index (Phi) is 6.33. The predicted octanol–water partition coefficient (Wildman–Crippen LogP) is 4.16. The molecule has 3 aromatic rings. The lowest BCUT2D eigenvalue weighted by atomic mass is 10.00. The zero-order valence-electron chi connectivity index (χ0n) is 18.7. The summed E-state index contributed by atoms with van der Waals surface area (Å²) in [5.41, 5.74) is 3.00. The van der Waals surface area contributed by atoms with Crippen LogP contribution >= 0.6 is 11.3 Å². The third-order valence-electron chi connectivity index (χ3n) is 6.42. The summed E-state index contributed by atoms with van der Waals surface area (Å²) in [6, 6.07) is 12.1. The Bertz CT molecular complexity index is 1210. The van der Waals surface area contributed by atoms with Crippen molar-refractivity contribution in [3.8, 4) is 11.1 Å². The second-order valence-corrected chi connectivity index (χ2v) is 9.56. The third-order valence-corrected chi connectivity index (χ3v) is 7.01. The lowest BCUT2D eigenvalue weighted by molar-refractivity contribution is -0.137. The maximum absolute atomic E-state index is 13.0. The molecule has 0 unspecified atom stereocenters. The van der Waals surface area contributed by atoms with Crippen molar-refractivity contribution in [3.05, 3.63) is 76.2 Å². The van der Waals surface area contributed by atoms with Gasteiger partial charge < -0.3 is 15.1 Å². The molecule has 0 bridgehead atoms. The molecule has 2 aliphatic heterocycles. The fourth-order valence-electron chi connectivity index (χ4n) is 4.51. The van der Waals surface area contributed by atoms with Crippen molar-refractivity contribution in [2.45, 2.75) is 24.7 Å². The summed E-state index contributed by atoms with van der Waals surface area (Å²) in [6.45, 7) is 2.45. The van der Waals surface area contributed by atoms with Crippen molar-refractivity contribution in [3.63, 3.8) is 0 Å². The number of aromatic nitrogens is 1. The van der Waals surface area contributed by atoms with Gasteiger partial charge in [-0.05, 0) is 41.8 Å². The summed E-state index contributed by atoms with van der Waals surface area (Å²) in [4.78, 5) is 32.9. The summed E-state index contributed by atoms with van der Waals surface area (Å²) in [7, 11) is 0. The standard InChI is InChI=1S/C25H23F3N4O2S/c26-25(27,28)19-3-1-2-18(10-19)16-4-6-17(7-5-16)23(33)32-12-21(13-32)30-20-8-9-31(11-20)24(34)22-14-35-15-29-22/h1-7,10,14-15,20-21,30H,8-9,11-13H2/t20-/m0/s1. The minimum Gasteiger partial charge on any atom is -0.336 e. The van der Waals surface area contributed by atoms with E-state index in [9.17, 15) is 22.8 Å². The molecule has 3 heterocycles. The van der Waals surface area contributed by atoms with Crippen LogP contribution in [0.15, 0.2) is 59.4 Å². The molecular formula is C25H23F3N4O2S. The molecular weight excluding hydrogens is 477 g/mol. The number of alkyl halides is 3. The lowest BCUT2D eigenvalue weighted by Gasteiger charge is -2.41. The molecule has 0 saturated carbocycles. The van der Waals surface area contributed by atoms with Crippen LogP contribution in [0.2, 0.25) is 0 Å². The van der Waals surface area contributed by atoms with Crippen LogP contribution in [-0.4, -0.2) is 64.9 Å². The first kappa shape index (κ1) is 23.5. The molecule has 5 rings (SSSR count). The molecule has 6 nitrogen and oxygen atoms in total. The highest BCUT2D eigenvalue weighted by atomic mass is 32.1. The average molecular weight is 501 g/mol. The predicted molar refractivity (Wildman–Crippen MR) is 126 cm³/mol. The lowest BCUT2D eigenvalue weighted by Crippen LogP contribution is -2.62. The number of halogens is 3. The zero-order valence-corrected chi connectivity index (χ0v) is 19.5. The number of hydrogen-bond donors (Lipinski definition) is 1. The number of hydrogen-bond acceptors (Lipinski definition) is 5. The van der Waals surface area contributed by atoms with Crippen LogP contribution in [0, 0.1) is 0 Å². The van der Waals surface area contributed by atoms with Crippen LogP contribution in [0.5, 0.6) is 0 Å². The van der Waals surface area contributed by atoms with Gasteiger partial charge in [0.25, 0.3) is 11.8 Å². The summed E-state index contributed by atoms with van der Waals surface area (Å²) in [5.74, 6) is -0.153. The van der Waals surface area contributed by atoms with Gasteiger partial charge in [-0.1, -0.05) is 24.3 Å². The number of carbonyl (C=O) groups excluding carboxylic acids is 2. The first-order valence-electron chi connectivity index (χ1n) is 11.3. The molecule has 2 amide bonds.